The number of likely N-dealkylation sites (tertiary alicyclic amines) is 1. The first-order chi connectivity index (χ1) is 14.9. The average Bonchev–Trinajstić information content (AvgIpc) is 2.78. The van der Waals surface area contributed by atoms with Crippen LogP contribution in [0, 0.1) is 0 Å². The molecule has 5 nitrogen and oxygen atoms in total. The SMILES string of the molecule is C[C@H]1CN([C@H](c2ccc(C(=O)N3CCCCC3)cc2)c2cccc(O)c2)[C@@H](C)CN1C. The Balaban J connectivity index is 1.64. The molecule has 0 bridgehead atoms. The van der Waals surface area contributed by atoms with Gasteiger partial charge in [-0.15, -0.1) is 0 Å². The smallest absolute Gasteiger partial charge is 0.253 e. The third-order valence-corrected chi connectivity index (χ3v) is 6.98. The third kappa shape index (κ3) is 4.78. The van der Waals surface area contributed by atoms with Gasteiger partial charge in [0.1, 0.15) is 5.75 Å². The highest BCUT2D eigenvalue weighted by atomic mass is 16.3. The largest absolute Gasteiger partial charge is 0.508 e. The van der Waals surface area contributed by atoms with Crippen LogP contribution in [-0.2, 0) is 0 Å². The van der Waals surface area contributed by atoms with E-state index >= 15 is 0 Å². The Morgan fingerprint density at radius 3 is 2.32 bits per heavy atom. The molecule has 0 aromatic heterocycles. The number of phenols is 1. The molecular formula is C26H35N3O2. The summed E-state index contributed by atoms with van der Waals surface area (Å²) in [6, 6.07) is 16.6. The number of rotatable bonds is 4. The van der Waals surface area contributed by atoms with Crippen molar-refractivity contribution in [3.8, 4) is 5.75 Å². The van der Waals surface area contributed by atoms with Crippen LogP contribution in [0.2, 0.25) is 0 Å². The fourth-order valence-electron chi connectivity index (χ4n) is 5.04. The normalized spacial score (nSPS) is 24.2. The van der Waals surface area contributed by atoms with E-state index in [9.17, 15) is 9.90 Å². The number of carbonyl (C=O) groups excluding carboxylic acids is 1. The van der Waals surface area contributed by atoms with Gasteiger partial charge in [0, 0.05) is 43.8 Å². The maximum atomic E-state index is 12.9. The van der Waals surface area contributed by atoms with Gasteiger partial charge in [-0.05, 0) is 75.5 Å². The highest BCUT2D eigenvalue weighted by Crippen LogP contribution is 2.34. The van der Waals surface area contributed by atoms with Crippen molar-refractivity contribution < 1.29 is 9.90 Å². The topological polar surface area (TPSA) is 47.0 Å². The number of hydrogen-bond donors (Lipinski definition) is 1. The van der Waals surface area contributed by atoms with Gasteiger partial charge >= 0.3 is 0 Å². The number of nitrogens with zero attached hydrogens (tertiary/aromatic N) is 3. The van der Waals surface area contributed by atoms with Crippen LogP contribution in [0.25, 0.3) is 0 Å². The molecule has 2 aliphatic rings. The summed E-state index contributed by atoms with van der Waals surface area (Å²) in [5, 5.41) is 10.2. The Kier molecular flexibility index (Phi) is 6.63. The molecule has 0 aliphatic carbocycles. The average molecular weight is 422 g/mol. The molecule has 4 rings (SSSR count). The van der Waals surface area contributed by atoms with E-state index in [2.05, 4.69) is 48.9 Å². The van der Waals surface area contributed by atoms with E-state index in [0.717, 1.165) is 55.7 Å². The molecule has 166 valence electrons. The number of piperazine rings is 1. The lowest BCUT2D eigenvalue weighted by Gasteiger charge is -2.46. The second-order valence-corrected chi connectivity index (χ2v) is 9.31. The standard InChI is InChI=1S/C26H35N3O2/c1-19-18-29(20(2)17-27(19)3)25(23-8-7-9-24(30)16-23)21-10-12-22(13-11-21)26(31)28-14-5-4-6-15-28/h7-13,16,19-20,25,30H,4-6,14-15,17-18H2,1-3H3/t19-,20-,25+/m0/s1. The number of hydrogen-bond acceptors (Lipinski definition) is 4. The number of amides is 1. The monoisotopic (exact) mass is 421 g/mol. The van der Waals surface area contributed by atoms with Gasteiger partial charge < -0.3 is 14.9 Å². The van der Waals surface area contributed by atoms with Crippen LogP contribution in [0.1, 0.15) is 60.6 Å². The summed E-state index contributed by atoms with van der Waals surface area (Å²) >= 11 is 0. The summed E-state index contributed by atoms with van der Waals surface area (Å²) in [5.74, 6) is 0.427. The minimum Gasteiger partial charge on any atom is -0.508 e. The first kappa shape index (κ1) is 21.8. The van der Waals surface area contributed by atoms with E-state index in [1.54, 1.807) is 6.07 Å². The molecule has 2 aromatic rings. The number of aromatic hydroxyl groups is 1. The lowest BCUT2D eigenvalue weighted by molar-refractivity contribution is 0.0389. The Hall–Kier alpha value is -2.37. The van der Waals surface area contributed by atoms with Gasteiger partial charge in [-0.1, -0.05) is 24.3 Å². The van der Waals surface area contributed by atoms with E-state index < -0.39 is 0 Å². The second kappa shape index (κ2) is 9.41. The van der Waals surface area contributed by atoms with Crippen LogP contribution in [0.3, 0.4) is 0 Å². The lowest BCUT2D eigenvalue weighted by Crippen LogP contribution is -2.55. The maximum Gasteiger partial charge on any atom is 0.253 e. The number of piperidine rings is 1. The van der Waals surface area contributed by atoms with Crippen LogP contribution in [0.4, 0.5) is 0 Å². The fourth-order valence-corrected chi connectivity index (χ4v) is 5.04. The molecule has 2 saturated heterocycles. The van der Waals surface area contributed by atoms with Gasteiger partial charge in [-0.3, -0.25) is 9.69 Å². The zero-order valence-electron chi connectivity index (χ0n) is 19.0. The van der Waals surface area contributed by atoms with Crippen molar-refractivity contribution >= 4 is 5.91 Å². The van der Waals surface area contributed by atoms with Crippen molar-refractivity contribution in [3.63, 3.8) is 0 Å². The van der Waals surface area contributed by atoms with Crippen LogP contribution >= 0.6 is 0 Å². The van der Waals surface area contributed by atoms with Gasteiger partial charge in [-0.25, -0.2) is 0 Å². The number of phenolic OH excluding ortho intramolecular Hbond substituents is 1. The summed E-state index contributed by atoms with van der Waals surface area (Å²) < 4.78 is 0. The predicted octanol–water partition coefficient (Wildman–Crippen LogP) is 4.13. The molecule has 0 spiro atoms. The second-order valence-electron chi connectivity index (χ2n) is 9.31. The summed E-state index contributed by atoms with van der Waals surface area (Å²) in [6.07, 6.45) is 3.42. The molecule has 0 radical (unpaired) electrons. The maximum absolute atomic E-state index is 12.9. The first-order valence-corrected chi connectivity index (χ1v) is 11.6. The molecule has 0 saturated carbocycles. The first-order valence-electron chi connectivity index (χ1n) is 11.6. The number of carbonyl (C=O) groups is 1. The van der Waals surface area contributed by atoms with E-state index in [0.29, 0.717) is 12.1 Å². The van der Waals surface area contributed by atoms with Crippen LogP contribution in [0.15, 0.2) is 48.5 Å². The van der Waals surface area contributed by atoms with Gasteiger partial charge in [0.25, 0.3) is 5.91 Å². The van der Waals surface area contributed by atoms with E-state index in [-0.39, 0.29) is 17.7 Å². The van der Waals surface area contributed by atoms with Crippen LogP contribution < -0.4 is 0 Å². The molecule has 1 N–H and O–H groups in total. The molecule has 2 aliphatic heterocycles. The lowest BCUT2D eigenvalue weighted by atomic mass is 9.93. The summed E-state index contributed by atoms with van der Waals surface area (Å²) in [6.45, 7) is 8.21. The highest BCUT2D eigenvalue weighted by molar-refractivity contribution is 5.94. The van der Waals surface area contributed by atoms with Crippen molar-refractivity contribution in [1.29, 1.82) is 0 Å². The van der Waals surface area contributed by atoms with Crippen LogP contribution in [0.5, 0.6) is 5.75 Å². The third-order valence-electron chi connectivity index (χ3n) is 6.98. The molecule has 0 unspecified atom stereocenters. The summed E-state index contributed by atoms with van der Waals surface area (Å²) in [7, 11) is 2.18. The molecule has 2 aromatic carbocycles. The molecule has 2 fully saturated rings. The van der Waals surface area contributed by atoms with Crippen molar-refractivity contribution in [1.82, 2.24) is 14.7 Å². The van der Waals surface area contributed by atoms with Crippen molar-refractivity contribution in [2.24, 2.45) is 0 Å². The summed E-state index contributed by atoms with van der Waals surface area (Å²) in [4.78, 5) is 19.8. The molecular weight excluding hydrogens is 386 g/mol. The Bertz CT molecular complexity index is 892. The Labute approximate surface area is 186 Å². The zero-order valence-corrected chi connectivity index (χ0v) is 19.0. The van der Waals surface area contributed by atoms with Gasteiger partial charge in [0.2, 0.25) is 0 Å². The highest BCUT2D eigenvalue weighted by Gasteiger charge is 2.33. The quantitative estimate of drug-likeness (QED) is 0.806. The minimum absolute atomic E-state index is 0.0392. The number of benzene rings is 2. The van der Waals surface area contributed by atoms with Gasteiger partial charge in [-0.2, -0.15) is 0 Å². The Morgan fingerprint density at radius 2 is 1.65 bits per heavy atom. The molecule has 31 heavy (non-hydrogen) atoms. The molecule has 1 amide bonds. The van der Waals surface area contributed by atoms with Crippen molar-refractivity contribution in [3.05, 3.63) is 65.2 Å². The Morgan fingerprint density at radius 1 is 0.935 bits per heavy atom. The van der Waals surface area contributed by atoms with Crippen molar-refractivity contribution in [2.45, 2.75) is 51.2 Å². The van der Waals surface area contributed by atoms with Gasteiger partial charge in [0.05, 0.1) is 6.04 Å². The number of likely N-dealkylation sites (N-methyl/N-ethyl adjacent to an activating group) is 1. The van der Waals surface area contributed by atoms with E-state index in [4.69, 9.17) is 0 Å². The minimum atomic E-state index is 0.0392. The molecule has 3 atom stereocenters. The molecule has 5 heteroatoms. The van der Waals surface area contributed by atoms with E-state index in [1.165, 1.54) is 6.42 Å². The summed E-state index contributed by atoms with van der Waals surface area (Å²) in [5.41, 5.74) is 3.00. The van der Waals surface area contributed by atoms with Crippen LogP contribution in [-0.4, -0.2) is 71.0 Å². The van der Waals surface area contributed by atoms with Gasteiger partial charge in [0.15, 0.2) is 0 Å². The fraction of sp³-hybridized carbons (Fsp3) is 0.500. The zero-order chi connectivity index (χ0) is 22.0. The van der Waals surface area contributed by atoms with E-state index in [1.807, 2.05) is 29.2 Å². The van der Waals surface area contributed by atoms with Crippen molar-refractivity contribution in [2.75, 3.05) is 33.2 Å². The molecule has 2 heterocycles. The predicted molar refractivity (Wildman–Crippen MR) is 124 cm³/mol.